The Balaban J connectivity index is 2.05. The summed E-state index contributed by atoms with van der Waals surface area (Å²) in [4.78, 5) is 24.7. The minimum absolute atomic E-state index is 0.0757. The molecule has 1 N–H and O–H groups in total. The molecular formula is C21H22ClNO5S. The third kappa shape index (κ3) is 4.16. The molecule has 3 rings (SSSR count). The normalized spacial score (nSPS) is 23.9. The van der Waals surface area contributed by atoms with Crippen LogP contribution in [0.5, 0.6) is 0 Å². The van der Waals surface area contributed by atoms with Gasteiger partial charge in [0.05, 0.1) is 4.90 Å². The lowest BCUT2D eigenvalue weighted by molar-refractivity contribution is -0.110. The van der Waals surface area contributed by atoms with Gasteiger partial charge in [0.1, 0.15) is 22.7 Å². The van der Waals surface area contributed by atoms with E-state index in [2.05, 4.69) is 5.32 Å². The molecule has 1 aliphatic carbocycles. The summed E-state index contributed by atoms with van der Waals surface area (Å²) in [6, 6.07) is 14.4. The van der Waals surface area contributed by atoms with Crippen LogP contribution in [-0.4, -0.2) is 37.2 Å². The van der Waals surface area contributed by atoms with Crippen molar-refractivity contribution in [1.82, 2.24) is 5.32 Å². The van der Waals surface area contributed by atoms with Crippen LogP contribution in [0.2, 0.25) is 5.02 Å². The molecule has 0 aliphatic heterocycles. The van der Waals surface area contributed by atoms with Crippen LogP contribution in [0.25, 0.3) is 0 Å². The summed E-state index contributed by atoms with van der Waals surface area (Å²) < 4.78 is 31.9. The fraction of sp³-hybridized carbons (Fsp3) is 0.333. The lowest BCUT2D eigenvalue weighted by atomic mass is 10.1. The van der Waals surface area contributed by atoms with Gasteiger partial charge in [0.25, 0.3) is 0 Å². The van der Waals surface area contributed by atoms with Crippen LogP contribution in [0.3, 0.4) is 0 Å². The highest BCUT2D eigenvalue weighted by atomic mass is 35.5. The molecule has 3 atom stereocenters. The highest BCUT2D eigenvalue weighted by Crippen LogP contribution is 2.56. The zero-order valence-electron chi connectivity index (χ0n) is 16.3. The first-order valence-electron chi connectivity index (χ1n) is 9.03. The summed E-state index contributed by atoms with van der Waals surface area (Å²) in [5, 5.41) is 1.74. The van der Waals surface area contributed by atoms with Crippen molar-refractivity contribution in [3.63, 3.8) is 0 Å². The second kappa shape index (κ2) is 7.46. The van der Waals surface area contributed by atoms with Crippen LogP contribution in [0.1, 0.15) is 32.3 Å². The lowest BCUT2D eigenvalue weighted by Gasteiger charge is -2.22. The molecular weight excluding hydrogens is 414 g/mol. The van der Waals surface area contributed by atoms with Crippen molar-refractivity contribution in [2.24, 2.45) is 0 Å². The summed E-state index contributed by atoms with van der Waals surface area (Å²) >= 11 is 6.08. The maximum absolute atomic E-state index is 13.3. The molecule has 1 saturated carbocycles. The van der Waals surface area contributed by atoms with Gasteiger partial charge in [0, 0.05) is 10.9 Å². The van der Waals surface area contributed by atoms with E-state index in [-0.39, 0.29) is 4.90 Å². The maximum Gasteiger partial charge on any atom is 0.408 e. The Morgan fingerprint density at radius 2 is 1.79 bits per heavy atom. The highest BCUT2D eigenvalue weighted by molar-refractivity contribution is 7.92. The first-order chi connectivity index (χ1) is 13.5. The van der Waals surface area contributed by atoms with E-state index in [1.54, 1.807) is 63.2 Å². The monoisotopic (exact) mass is 435 g/mol. The molecule has 6 nitrogen and oxygen atoms in total. The van der Waals surface area contributed by atoms with Crippen molar-refractivity contribution in [1.29, 1.82) is 0 Å². The number of alkyl carbamates (subject to hydrolysis) is 1. The molecule has 2 aromatic rings. The first-order valence-corrected chi connectivity index (χ1v) is 11.0. The molecule has 0 bridgehead atoms. The SMILES string of the molecule is CC(C)(C)OC(=O)N[C@@]1(C=O)[C@@H](c2cccc(Cl)c2)[C@@H]1S(=O)(=O)c1ccccc1. The quantitative estimate of drug-likeness (QED) is 0.722. The summed E-state index contributed by atoms with van der Waals surface area (Å²) in [5.74, 6) is -0.795. The zero-order chi connectivity index (χ0) is 21.4. The van der Waals surface area contributed by atoms with Crippen molar-refractivity contribution < 1.29 is 22.7 Å². The third-order valence-electron chi connectivity index (χ3n) is 4.71. The number of halogens is 1. The van der Waals surface area contributed by atoms with E-state index in [1.807, 2.05) is 0 Å². The summed E-state index contributed by atoms with van der Waals surface area (Å²) in [6.45, 7) is 5.04. The second-order valence-corrected chi connectivity index (χ2v) is 10.5. The number of sulfone groups is 1. The van der Waals surface area contributed by atoms with Crippen molar-refractivity contribution >= 4 is 33.8 Å². The Morgan fingerprint density at radius 3 is 2.34 bits per heavy atom. The highest BCUT2D eigenvalue weighted by Gasteiger charge is 2.73. The Hall–Kier alpha value is -2.38. The molecule has 1 aliphatic rings. The molecule has 0 saturated heterocycles. The largest absolute Gasteiger partial charge is 0.444 e. The molecule has 154 valence electrons. The van der Waals surface area contributed by atoms with Gasteiger partial charge in [-0.15, -0.1) is 0 Å². The molecule has 2 aromatic carbocycles. The Morgan fingerprint density at radius 1 is 1.14 bits per heavy atom. The van der Waals surface area contributed by atoms with E-state index in [1.165, 1.54) is 12.1 Å². The molecule has 1 fully saturated rings. The number of carbonyl (C=O) groups excluding carboxylic acids is 2. The molecule has 1 amide bonds. The number of benzene rings is 2. The number of rotatable bonds is 5. The van der Waals surface area contributed by atoms with Crippen molar-refractivity contribution in [2.75, 3.05) is 0 Å². The van der Waals surface area contributed by atoms with Gasteiger partial charge in [-0.2, -0.15) is 0 Å². The molecule has 8 heteroatoms. The zero-order valence-corrected chi connectivity index (χ0v) is 17.8. The van der Waals surface area contributed by atoms with Gasteiger partial charge in [-0.25, -0.2) is 13.2 Å². The Bertz CT molecular complexity index is 1030. The fourth-order valence-corrected chi connectivity index (χ4v) is 5.98. The van der Waals surface area contributed by atoms with E-state index < -0.39 is 38.2 Å². The van der Waals surface area contributed by atoms with E-state index in [0.29, 0.717) is 16.9 Å². The molecule has 0 spiro atoms. The van der Waals surface area contributed by atoms with Crippen LogP contribution in [0.15, 0.2) is 59.5 Å². The number of amides is 1. The average Bonchev–Trinajstić information content (AvgIpc) is 3.30. The van der Waals surface area contributed by atoms with Gasteiger partial charge in [-0.3, -0.25) is 0 Å². The Labute approximate surface area is 175 Å². The second-order valence-electron chi connectivity index (χ2n) is 7.99. The topological polar surface area (TPSA) is 89.5 Å². The van der Waals surface area contributed by atoms with Gasteiger partial charge >= 0.3 is 6.09 Å². The number of carbonyl (C=O) groups is 2. The van der Waals surface area contributed by atoms with Crippen LogP contribution < -0.4 is 5.32 Å². The van der Waals surface area contributed by atoms with Crippen molar-refractivity contribution in [3.8, 4) is 0 Å². The minimum Gasteiger partial charge on any atom is -0.444 e. The maximum atomic E-state index is 13.3. The number of aldehydes is 1. The molecule has 0 radical (unpaired) electrons. The van der Waals surface area contributed by atoms with Gasteiger partial charge in [0.15, 0.2) is 9.84 Å². The van der Waals surface area contributed by atoms with Gasteiger partial charge < -0.3 is 14.8 Å². The first kappa shape index (κ1) is 21.3. The van der Waals surface area contributed by atoms with Crippen LogP contribution >= 0.6 is 11.6 Å². The Kier molecular flexibility index (Phi) is 5.49. The number of nitrogens with one attached hydrogen (secondary N) is 1. The predicted octanol–water partition coefficient (Wildman–Crippen LogP) is 3.74. The number of hydrogen-bond donors (Lipinski definition) is 1. The van der Waals surface area contributed by atoms with E-state index >= 15 is 0 Å². The van der Waals surface area contributed by atoms with Crippen LogP contribution in [-0.2, 0) is 19.4 Å². The summed E-state index contributed by atoms with van der Waals surface area (Å²) in [6.07, 6.45) is -0.379. The number of hydrogen-bond acceptors (Lipinski definition) is 5. The third-order valence-corrected chi connectivity index (χ3v) is 7.20. The molecule has 0 unspecified atom stereocenters. The smallest absolute Gasteiger partial charge is 0.408 e. The minimum atomic E-state index is -3.93. The standard InChI is InChI=1S/C21H22ClNO5S/c1-20(2,3)28-19(25)23-21(13-24)17(14-8-7-9-15(22)12-14)18(21)29(26,27)16-10-5-4-6-11-16/h4-13,17-18H,1-3H3,(H,23,25)/t17-,18-,21-/m0/s1. The van der Waals surface area contributed by atoms with Gasteiger partial charge in [0.2, 0.25) is 0 Å². The van der Waals surface area contributed by atoms with E-state index in [4.69, 9.17) is 16.3 Å². The predicted molar refractivity (Wildman–Crippen MR) is 110 cm³/mol. The number of ether oxygens (including phenoxy) is 1. The lowest BCUT2D eigenvalue weighted by Crippen LogP contribution is -2.45. The molecule has 0 aromatic heterocycles. The van der Waals surface area contributed by atoms with Gasteiger partial charge in [-0.1, -0.05) is 41.9 Å². The van der Waals surface area contributed by atoms with E-state index in [9.17, 15) is 18.0 Å². The fourth-order valence-electron chi connectivity index (χ4n) is 3.52. The van der Waals surface area contributed by atoms with E-state index in [0.717, 1.165) is 0 Å². The van der Waals surface area contributed by atoms with Crippen molar-refractivity contribution in [2.45, 2.75) is 48.0 Å². The van der Waals surface area contributed by atoms with Crippen LogP contribution in [0, 0.1) is 0 Å². The molecule has 0 heterocycles. The van der Waals surface area contributed by atoms with Crippen molar-refractivity contribution in [3.05, 3.63) is 65.2 Å². The molecule has 29 heavy (non-hydrogen) atoms. The average molecular weight is 436 g/mol. The van der Waals surface area contributed by atoms with Gasteiger partial charge in [-0.05, 0) is 50.6 Å². The van der Waals surface area contributed by atoms with Crippen LogP contribution in [0.4, 0.5) is 4.79 Å². The summed E-state index contributed by atoms with van der Waals surface area (Å²) in [7, 11) is -3.93. The summed E-state index contributed by atoms with van der Waals surface area (Å²) in [5.41, 5.74) is -1.91.